The molecule has 120 valence electrons. The number of para-hydroxylation sites is 1. The lowest BCUT2D eigenvalue weighted by atomic mass is 10.2. The van der Waals surface area contributed by atoms with E-state index in [2.05, 4.69) is 5.32 Å². The van der Waals surface area contributed by atoms with E-state index in [4.69, 9.17) is 9.47 Å². The van der Waals surface area contributed by atoms with E-state index >= 15 is 0 Å². The molecule has 1 N–H and O–H groups in total. The van der Waals surface area contributed by atoms with Crippen LogP contribution in [0.1, 0.15) is 17.3 Å². The summed E-state index contributed by atoms with van der Waals surface area (Å²) in [6.07, 6.45) is 0. The first kappa shape index (κ1) is 16.5. The van der Waals surface area contributed by atoms with Gasteiger partial charge in [-0.05, 0) is 37.3 Å². The maximum atomic E-state index is 13.0. The third-order valence-electron chi connectivity index (χ3n) is 2.85. The molecule has 6 heteroatoms. The standard InChI is InChI=1S/C17H16FNO4/c1-2-22-15-9-4-3-8-14(15)17(21)23-11-16(20)19-13-7-5-6-12(18)10-13/h3-10H,2,11H2,1H3,(H,19,20). The van der Waals surface area contributed by atoms with Gasteiger partial charge in [-0.1, -0.05) is 18.2 Å². The molecular formula is C17H16FNO4. The van der Waals surface area contributed by atoms with Crippen LogP contribution in [0.25, 0.3) is 0 Å². The zero-order chi connectivity index (χ0) is 16.7. The molecule has 2 aromatic carbocycles. The van der Waals surface area contributed by atoms with Crippen molar-refractivity contribution >= 4 is 17.6 Å². The Morgan fingerprint density at radius 1 is 1.13 bits per heavy atom. The molecule has 2 aromatic rings. The van der Waals surface area contributed by atoms with Crippen molar-refractivity contribution in [2.24, 2.45) is 0 Å². The van der Waals surface area contributed by atoms with Gasteiger partial charge in [0, 0.05) is 5.69 Å². The maximum absolute atomic E-state index is 13.0. The van der Waals surface area contributed by atoms with Crippen LogP contribution in [-0.2, 0) is 9.53 Å². The van der Waals surface area contributed by atoms with E-state index in [0.29, 0.717) is 18.0 Å². The molecule has 0 aromatic heterocycles. The highest BCUT2D eigenvalue weighted by Gasteiger charge is 2.15. The van der Waals surface area contributed by atoms with Gasteiger partial charge >= 0.3 is 5.97 Å². The van der Waals surface area contributed by atoms with E-state index in [1.165, 1.54) is 24.3 Å². The first-order valence-corrected chi connectivity index (χ1v) is 7.04. The van der Waals surface area contributed by atoms with Gasteiger partial charge in [-0.3, -0.25) is 4.79 Å². The molecule has 0 spiro atoms. The molecule has 0 radical (unpaired) electrons. The number of carbonyl (C=O) groups is 2. The Morgan fingerprint density at radius 2 is 1.91 bits per heavy atom. The predicted molar refractivity (Wildman–Crippen MR) is 82.9 cm³/mol. The highest BCUT2D eigenvalue weighted by atomic mass is 19.1. The average molecular weight is 317 g/mol. The van der Waals surface area contributed by atoms with Crippen LogP contribution in [-0.4, -0.2) is 25.1 Å². The first-order chi connectivity index (χ1) is 11.1. The topological polar surface area (TPSA) is 64.6 Å². The number of ether oxygens (including phenoxy) is 2. The Hall–Kier alpha value is -2.89. The fourth-order valence-electron chi connectivity index (χ4n) is 1.89. The third-order valence-corrected chi connectivity index (χ3v) is 2.85. The molecule has 1 amide bonds. The SMILES string of the molecule is CCOc1ccccc1C(=O)OCC(=O)Nc1cccc(F)c1. The lowest BCUT2D eigenvalue weighted by Gasteiger charge is -2.10. The van der Waals surface area contributed by atoms with Gasteiger partial charge in [-0.25, -0.2) is 9.18 Å². The largest absolute Gasteiger partial charge is 0.493 e. The minimum Gasteiger partial charge on any atom is -0.493 e. The van der Waals surface area contributed by atoms with Crippen molar-refractivity contribution in [1.82, 2.24) is 0 Å². The molecule has 0 fully saturated rings. The predicted octanol–water partition coefficient (Wildman–Crippen LogP) is 3.02. The Bertz CT molecular complexity index is 702. The minimum absolute atomic E-state index is 0.243. The Kier molecular flexibility index (Phi) is 5.68. The third kappa shape index (κ3) is 4.81. The number of benzene rings is 2. The molecule has 0 bridgehead atoms. The monoisotopic (exact) mass is 317 g/mol. The summed E-state index contributed by atoms with van der Waals surface area (Å²) in [6, 6.07) is 12.0. The van der Waals surface area contributed by atoms with Crippen LogP contribution in [0.15, 0.2) is 48.5 Å². The molecule has 0 aliphatic heterocycles. The van der Waals surface area contributed by atoms with Crippen LogP contribution in [0.4, 0.5) is 10.1 Å². The van der Waals surface area contributed by atoms with E-state index in [1.807, 2.05) is 0 Å². The normalized spacial score (nSPS) is 10.0. The molecule has 0 heterocycles. The molecule has 5 nitrogen and oxygen atoms in total. The zero-order valence-corrected chi connectivity index (χ0v) is 12.5. The highest BCUT2D eigenvalue weighted by molar-refractivity contribution is 5.96. The van der Waals surface area contributed by atoms with Gasteiger partial charge in [-0.2, -0.15) is 0 Å². The fourth-order valence-corrected chi connectivity index (χ4v) is 1.89. The van der Waals surface area contributed by atoms with Crippen molar-refractivity contribution < 1.29 is 23.5 Å². The maximum Gasteiger partial charge on any atom is 0.342 e. The summed E-state index contributed by atoms with van der Waals surface area (Å²) in [6.45, 7) is 1.73. The Labute approximate surface area is 133 Å². The fraction of sp³-hybridized carbons (Fsp3) is 0.176. The molecular weight excluding hydrogens is 301 g/mol. The number of hydrogen-bond donors (Lipinski definition) is 1. The second kappa shape index (κ2) is 7.93. The van der Waals surface area contributed by atoms with Gasteiger partial charge in [0.25, 0.3) is 5.91 Å². The van der Waals surface area contributed by atoms with Gasteiger partial charge in [0.15, 0.2) is 6.61 Å². The number of nitrogens with one attached hydrogen (secondary N) is 1. The lowest BCUT2D eigenvalue weighted by molar-refractivity contribution is -0.119. The average Bonchev–Trinajstić information content (AvgIpc) is 2.53. The molecule has 2 rings (SSSR count). The molecule has 23 heavy (non-hydrogen) atoms. The summed E-state index contributed by atoms with van der Waals surface area (Å²) in [4.78, 5) is 23.7. The van der Waals surface area contributed by atoms with E-state index < -0.39 is 24.3 Å². The van der Waals surface area contributed by atoms with Crippen LogP contribution < -0.4 is 10.1 Å². The Balaban J connectivity index is 1.92. The van der Waals surface area contributed by atoms with Gasteiger partial charge in [-0.15, -0.1) is 0 Å². The smallest absolute Gasteiger partial charge is 0.342 e. The number of rotatable bonds is 6. The van der Waals surface area contributed by atoms with Crippen LogP contribution in [0.5, 0.6) is 5.75 Å². The number of carbonyl (C=O) groups excluding carboxylic acids is 2. The van der Waals surface area contributed by atoms with Gasteiger partial charge in [0.1, 0.15) is 17.1 Å². The van der Waals surface area contributed by atoms with Crippen molar-refractivity contribution in [3.05, 3.63) is 59.9 Å². The van der Waals surface area contributed by atoms with E-state index in [9.17, 15) is 14.0 Å². The first-order valence-electron chi connectivity index (χ1n) is 7.04. The quantitative estimate of drug-likeness (QED) is 0.832. The summed E-state index contributed by atoms with van der Waals surface area (Å²) < 4.78 is 23.3. The van der Waals surface area contributed by atoms with Crippen molar-refractivity contribution in [3.63, 3.8) is 0 Å². The number of hydrogen-bond acceptors (Lipinski definition) is 4. The van der Waals surface area contributed by atoms with Crippen LogP contribution in [0.2, 0.25) is 0 Å². The molecule has 0 saturated carbocycles. The summed E-state index contributed by atoms with van der Waals surface area (Å²) in [5, 5.41) is 2.44. The van der Waals surface area contributed by atoms with Crippen molar-refractivity contribution in [2.75, 3.05) is 18.5 Å². The van der Waals surface area contributed by atoms with Gasteiger partial charge in [0.05, 0.1) is 6.61 Å². The van der Waals surface area contributed by atoms with Crippen molar-refractivity contribution in [1.29, 1.82) is 0 Å². The number of esters is 1. The molecule has 0 aliphatic rings. The molecule has 0 saturated heterocycles. The second-order valence-electron chi connectivity index (χ2n) is 4.56. The highest BCUT2D eigenvalue weighted by Crippen LogP contribution is 2.18. The lowest BCUT2D eigenvalue weighted by Crippen LogP contribution is -2.21. The van der Waals surface area contributed by atoms with Crippen molar-refractivity contribution in [3.8, 4) is 5.75 Å². The summed E-state index contributed by atoms with van der Waals surface area (Å²) in [5.41, 5.74) is 0.536. The van der Waals surface area contributed by atoms with Crippen LogP contribution >= 0.6 is 0 Å². The summed E-state index contributed by atoms with van der Waals surface area (Å²) in [7, 11) is 0. The van der Waals surface area contributed by atoms with Crippen molar-refractivity contribution in [2.45, 2.75) is 6.92 Å². The minimum atomic E-state index is -0.663. The van der Waals surface area contributed by atoms with Crippen LogP contribution in [0, 0.1) is 5.82 Å². The van der Waals surface area contributed by atoms with E-state index in [1.54, 1.807) is 31.2 Å². The zero-order valence-electron chi connectivity index (χ0n) is 12.5. The number of amides is 1. The van der Waals surface area contributed by atoms with E-state index in [-0.39, 0.29) is 5.56 Å². The molecule has 0 aliphatic carbocycles. The second-order valence-corrected chi connectivity index (χ2v) is 4.56. The summed E-state index contributed by atoms with van der Waals surface area (Å²) >= 11 is 0. The summed E-state index contributed by atoms with van der Waals surface area (Å²) in [5.74, 6) is -1.29. The number of halogens is 1. The van der Waals surface area contributed by atoms with E-state index in [0.717, 1.165) is 0 Å². The number of anilines is 1. The molecule has 0 unspecified atom stereocenters. The van der Waals surface area contributed by atoms with Crippen LogP contribution in [0.3, 0.4) is 0 Å². The van der Waals surface area contributed by atoms with Gasteiger partial charge < -0.3 is 14.8 Å². The Morgan fingerprint density at radius 3 is 2.65 bits per heavy atom. The van der Waals surface area contributed by atoms with Gasteiger partial charge in [0.2, 0.25) is 0 Å². The molecule has 0 atom stereocenters.